The van der Waals surface area contributed by atoms with Gasteiger partial charge in [0.25, 0.3) is 0 Å². The minimum atomic E-state index is -0.426. The van der Waals surface area contributed by atoms with Gasteiger partial charge in [-0.2, -0.15) is 0 Å². The van der Waals surface area contributed by atoms with E-state index in [-0.39, 0.29) is 11.9 Å². The SMILES string of the molecule is CCOC(=O)c1ccc(-c2nc(C3CCCNC3)[nH]c2C(=O)OCC)cc1. The molecule has 2 aromatic rings. The van der Waals surface area contributed by atoms with Gasteiger partial charge in [0.05, 0.1) is 18.8 Å². The van der Waals surface area contributed by atoms with E-state index in [0.29, 0.717) is 30.2 Å². The number of aromatic amines is 1. The highest BCUT2D eigenvalue weighted by Gasteiger charge is 2.25. The highest BCUT2D eigenvalue weighted by atomic mass is 16.5. The Bertz CT molecular complexity index is 792. The van der Waals surface area contributed by atoms with Crippen LogP contribution >= 0.6 is 0 Å². The van der Waals surface area contributed by atoms with Gasteiger partial charge < -0.3 is 19.8 Å². The first-order valence-corrected chi connectivity index (χ1v) is 9.39. The molecule has 0 bridgehead atoms. The summed E-state index contributed by atoms with van der Waals surface area (Å²) in [6.45, 7) is 5.99. The van der Waals surface area contributed by atoms with Gasteiger partial charge in [0, 0.05) is 18.0 Å². The molecule has 0 saturated carbocycles. The summed E-state index contributed by atoms with van der Waals surface area (Å²) in [7, 11) is 0. The number of carbonyl (C=O) groups excluding carboxylic acids is 2. The summed E-state index contributed by atoms with van der Waals surface area (Å²) >= 11 is 0. The van der Waals surface area contributed by atoms with Crippen LogP contribution in [0.2, 0.25) is 0 Å². The molecule has 1 fully saturated rings. The smallest absolute Gasteiger partial charge is 0.357 e. The zero-order valence-electron chi connectivity index (χ0n) is 15.7. The number of rotatable bonds is 6. The number of ether oxygens (including phenoxy) is 2. The molecule has 144 valence electrons. The summed E-state index contributed by atoms with van der Waals surface area (Å²) in [5, 5.41) is 3.36. The molecule has 1 aromatic heterocycles. The van der Waals surface area contributed by atoms with Crippen molar-refractivity contribution in [2.24, 2.45) is 0 Å². The Hall–Kier alpha value is -2.67. The van der Waals surface area contributed by atoms with Gasteiger partial charge in [-0.1, -0.05) is 12.1 Å². The number of hydrogen-bond donors (Lipinski definition) is 2. The van der Waals surface area contributed by atoms with Crippen molar-refractivity contribution in [1.29, 1.82) is 0 Å². The summed E-state index contributed by atoms with van der Waals surface area (Å²) in [6, 6.07) is 6.90. The van der Waals surface area contributed by atoms with Crippen molar-refractivity contribution in [3.05, 3.63) is 41.3 Å². The Morgan fingerprint density at radius 3 is 2.44 bits per heavy atom. The summed E-state index contributed by atoms with van der Waals surface area (Å²) in [6.07, 6.45) is 2.09. The third kappa shape index (κ3) is 4.36. The quantitative estimate of drug-likeness (QED) is 0.759. The van der Waals surface area contributed by atoms with Crippen LogP contribution in [0.25, 0.3) is 11.3 Å². The highest BCUT2D eigenvalue weighted by Crippen LogP contribution is 2.28. The number of carbonyl (C=O) groups is 2. The molecule has 0 spiro atoms. The van der Waals surface area contributed by atoms with Gasteiger partial charge in [0.15, 0.2) is 5.69 Å². The fourth-order valence-electron chi connectivity index (χ4n) is 3.21. The predicted molar refractivity (Wildman–Crippen MR) is 101 cm³/mol. The van der Waals surface area contributed by atoms with Crippen molar-refractivity contribution < 1.29 is 19.1 Å². The second-order valence-electron chi connectivity index (χ2n) is 6.41. The Morgan fingerprint density at radius 1 is 1.11 bits per heavy atom. The zero-order valence-corrected chi connectivity index (χ0v) is 15.7. The molecule has 2 N–H and O–H groups in total. The van der Waals surface area contributed by atoms with Crippen molar-refractivity contribution in [3.63, 3.8) is 0 Å². The normalized spacial score (nSPS) is 16.7. The zero-order chi connectivity index (χ0) is 19.2. The molecule has 7 heteroatoms. The van der Waals surface area contributed by atoms with E-state index in [1.807, 2.05) is 0 Å². The third-order valence-electron chi connectivity index (χ3n) is 4.55. The molecule has 0 aliphatic carbocycles. The Labute approximate surface area is 158 Å². The fourth-order valence-corrected chi connectivity index (χ4v) is 3.21. The molecule has 1 atom stereocenters. The van der Waals surface area contributed by atoms with Gasteiger partial charge in [-0.3, -0.25) is 0 Å². The number of benzene rings is 1. The van der Waals surface area contributed by atoms with E-state index in [4.69, 9.17) is 14.5 Å². The largest absolute Gasteiger partial charge is 0.462 e. The van der Waals surface area contributed by atoms with E-state index < -0.39 is 5.97 Å². The van der Waals surface area contributed by atoms with Crippen LogP contribution in [0.3, 0.4) is 0 Å². The molecule has 1 unspecified atom stereocenters. The first-order chi connectivity index (χ1) is 13.1. The van der Waals surface area contributed by atoms with Crippen LogP contribution in [0, 0.1) is 0 Å². The lowest BCUT2D eigenvalue weighted by molar-refractivity contribution is 0.0513. The molecule has 7 nitrogen and oxygen atoms in total. The molecular weight excluding hydrogens is 346 g/mol. The summed E-state index contributed by atoms with van der Waals surface area (Å²) in [4.78, 5) is 32.1. The van der Waals surface area contributed by atoms with Gasteiger partial charge in [-0.15, -0.1) is 0 Å². The molecule has 27 heavy (non-hydrogen) atoms. The number of esters is 2. The van der Waals surface area contributed by atoms with Crippen molar-refractivity contribution >= 4 is 11.9 Å². The third-order valence-corrected chi connectivity index (χ3v) is 4.55. The van der Waals surface area contributed by atoms with Gasteiger partial charge >= 0.3 is 11.9 Å². The molecule has 2 heterocycles. The Balaban J connectivity index is 1.93. The van der Waals surface area contributed by atoms with Crippen molar-refractivity contribution in [2.75, 3.05) is 26.3 Å². The summed E-state index contributed by atoms with van der Waals surface area (Å²) in [5.41, 5.74) is 2.11. The maximum absolute atomic E-state index is 12.4. The summed E-state index contributed by atoms with van der Waals surface area (Å²) < 4.78 is 10.2. The topological polar surface area (TPSA) is 93.3 Å². The lowest BCUT2D eigenvalue weighted by Gasteiger charge is -2.20. The minimum Gasteiger partial charge on any atom is -0.462 e. The molecular formula is C20H25N3O4. The van der Waals surface area contributed by atoms with E-state index in [1.165, 1.54) is 0 Å². The Morgan fingerprint density at radius 2 is 1.81 bits per heavy atom. The van der Waals surface area contributed by atoms with Crippen molar-refractivity contribution in [2.45, 2.75) is 32.6 Å². The van der Waals surface area contributed by atoms with E-state index in [1.54, 1.807) is 38.1 Å². The number of nitrogens with zero attached hydrogens (tertiary/aromatic N) is 1. The van der Waals surface area contributed by atoms with E-state index in [0.717, 1.165) is 37.3 Å². The van der Waals surface area contributed by atoms with Gasteiger partial charge in [0.1, 0.15) is 11.5 Å². The average Bonchev–Trinajstić information content (AvgIpc) is 3.15. The fraction of sp³-hybridized carbons (Fsp3) is 0.450. The lowest BCUT2D eigenvalue weighted by Crippen LogP contribution is -2.29. The second-order valence-corrected chi connectivity index (χ2v) is 6.41. The van der Waals surface area contributed by atoms with E-state index in [9.17, 15) is 9.59 Å². The maximum atomic E-state index is 12.4. The average molecular weight is 371 g/mol. The number of nitrogens with one attached hydrogen (secondary N) is 2. The molecule has 1 aliphatic heterocycles. The van der Waals surface area contributed by atoms with E-state index in [2.05, 4.69) is 10.3 Å². The van der Waals surface area contributed by atoms with E-state index >= 15 is 0 Å². The molecule has 0 radical (unpaired) electrons. The van der Waals surface area contributed by atoms with Crippen LogP contribution in [0.1, 0.15) is 59.3 Å². The number of imidazole rings is 1. The minimum absolute atomic E-state index is 0.236. The Kier molecular flexibility index (Phi) is 6.24. The lowest BCUT2D eigenvalue weighted by atomic mass is 9.99. The van der Waals surface area contributed by atoms with Gasteiger partial charge in [-0.25, -0.2) is 14.6 Å². The monoisotopic (exact) mass is 371 g/mol. The van der Waals surface area contributed by atoms with Gasteiger partial charge in [0.2, 0.25) is 0 Å². The summed E-state index contributed by atoms with van der Waals surface area (Å²) in [5.74, 6) is 0.226. The number of H-pyrrole nitrogens is 1. The second kappa shape index (κ2) is 8.81. The molecule has 1 saturated heterocycles. The van der Waals surface area contributed by atoms with Crippen molar-refractivity contribution in [3.8, 4) is 11.3 Å². The van der Waals surface area contributed by atoms with Crippen LogP contribution in [0.4, 0.5) is 0 Å². The molecule has 1 aliphatic rings. The number of hydrogen-bond acceptors (Lipinski definition) is 6. The van der Waals surface area contributed by atoms with Crippen LogP contribution < -0.4 is 5.32 Å². The maximum Gasteiger partial charge on any atom is 0.357 e. The highest BCUT2D eigenvalue weighted by molar-refractivity contribution is 5.95. The van der Waals surface area contributed by atoms with Crippen LogP contribution in [0.15, 0.2) is 24.3 Å². The van der Waals surface area contributed by atoms with Crippen LogP contribution in [0.5, 0.6) is 0 Å². The first-order valence-electron chi connectivity index (χ1n) is 9.39. The predicted octanol–water partition coefficient (Wildman–Crippen LogP) is 2.90. The standard InChI is InChI=1S/C20H25N3O4/c1-3-26-19(24)14-9-7-13(8-10-14)16-17(20(25)27-4-2)23-18(22-16)15-6-5-11-21-12-15/h7-10,15,21H,3-6,11-12H2,1-2H3,(H,22,23). The van der Waals surface area contributed by atoms with Crippen LogP contribution in [-0.4, -0.2) is 48.2 Å². The van der Waals surface area contributed by atoms with Gasteiger partial charge in [-0.05, 0) is 45.4 Å². The molecule has 0 amide bonds. The number of aromatic nitrogens is 2. The van der Waals surface area contributed by atoms with Crippen LogP contribution in [-0.2, 0) is 9.47 Å². The van der Waals surface area contributed by atoms with Crippen molar-refractivity contribution in [1.82, 2.24) is 15.3 Å². The molecule has 1 aromatic carbocycles. The molecule has 3 rings (SSSR count). The number of piperidine rings is 1. The first kappa shape index (κ1) is 19.1.